The average molecular weight is 275 g/mol. The minimum absolute atomic E-state index is 0.0681. The first kappa shape index (κ1) is 14.4. The summed E-state index contributed by atoms with van der Waals surface area (Å²) in [4.78, 5) is 0. The molecule has 2 nitrogen and oxygen atoms in total. The predicted octanol–water partition coefficient (Wildman–Crippen LogP) is 5.12. The number of nitrogens with zero attached hydrogens (tertiary/aromatic N) is 1. The summed E-state index contributed by atoms with van der Waals surface area (Å²) in [6, 6.07) is 2.70. The molecule has 2 aliphatic carbocycles. The largest absolute Gasteiger partial charge is 0.372 e. The van der Waals surface area contributed by atoms with Gasteiger partial charge in [0.25, 0.3) is 0 Å². The van der Waals surface area contributed by atoms with Gasteiger partial charge in [-0.3, -0.25) is 0 Å². The van der Waals surface area contributed by atoms with Crippen LogP contribution in [0.4, 0.5) is 0 Å². The highest BCUT2D eigenvalue weighted by Crippen LogP contribution is 2.47. The van der Waals surface area contributed by atoms with Crippen LogP contribution in [-0.4, -0.2) is 11.7 Å². The van der Waals surface area contributed by atoms with E-state index >= 15 is 0 Å². The zero-order valence-electron chi connectivity index (χ0n) is 12.8. The molecule has 1 unspecified atom stereocenters. The normalized spacial score (nSPS) is 32.6. The third-order valence-corrected chi connectivity index (χ3v) is 6.02. The number of rotatable bonds is 2. The van der Waals surface area contributed by atoms with E-state index in [0.29, 0.717) is 6.10 Å². The summed E-state index contributed by atoms with van der Waals surface area (Å²) in [5.41, 5.74) is 0.144. The lowest BCUT2D eigenvalue weighted by Gasteiger charge is -2.35. The molecule has 1 aliphatic heterocycles. The van der Waals surface area contributed by atoms with Gasteiger partial charge in [-0.05, 0) is 44.9 Å². The van der Waals surface area contributed by atoms with Crippen LogP contribution >= 0.6 is 0 Å². The SMILES string of the molecule is N#CC1(CC2CCC3(CCCCC3)O2)CCCCCC1. The summed E-state index contributed by atoms with van der Waals surface area (Å²) in [7, 11) is 0. The molecule has 1 spiro atoms. The Kier molecular flexibility index (Phi) is 4.36. The van der Waals surface area contributed by atoms with E-state index in [9.17, 15) is 5.26 Å². The molecule has 2 saturated carbocycles. The van der Waals surface area contributed by atoms with E-state index in [2.05, 4.69) is 6.07 Å². The summed E-state index contributed by atoms with van der Waals surface area (Å²) in [6.07, 6.45) is 17.8. The maximum atomic E-state index is 9.72. The summed E-state index contributed by atoms with van der Waals surface area (Å²) >= 11 is 0. The smallest absolute Gasteiger partial charge is 0.0690 e. The lowest BCUT2D eigenvalue weighted by molar-refractivity contribution is -0.0742. The fraction of sp³-hybridized carbons (Fsp3) is 0.944. The zero-order valence-corrected chi connectivity index (χ0v) is 12.8. The minimum Gasteiger partial charge on any atom is -0.372 e. The van der Waals surface area contributed by atoms with E-state index in [4.69, 9.17) is 4.74 Å². The first-order valence-electron chi connectivity index (χ1n) is 8.85. The third-order valence-electron chi connectivity index (χ3n) is 6.02. The van der Waals surface area contributed by atoms with Crippen molar-refractivity contribution in [3.63, 3.8) is 0 Å². The van der Waals surface area contributed by atoms with Crippen LogP contribution in [0.1, 0.15) is 89.9 Å². The first-order valence-corrected chi connectivity index (χ1v) is 8.85. The van der Waals surface area contributed by atoms with Crippen molar-refractivity contribution in [2.45, 2.75) is 102 Å². The number of nitriles is 1. The Morgan fingerprint density at radius 2 is 1.45 bits per heavy atom. The van der Waals surface area contributed by atoms with Crippen LogP contribution < -0.4 is 0 Å². The van der Waals surface area contributed by atoms with Crippen LogP contribution in [0.15, 0.2) is 0 Å². The van der Waals surface area contributed by atoms with Crippen LogP contribution in [0, 0.1) is 16.7 Å². The van der Waals surface area contributed by atoms with E-state index in [1.165, 1.54) is 70.6 Å². The molecule has 20 heavy (non-hydrogen) atoms. The molecule has 3 rings (SSSR count). The van der Waals surface area contributed by atoms with E-state index in [1.54, 1.807) is 0 Å². The maximum absolute atomic E-state index is 9.72. The van der Waals surface area contributed by atoms with Gasteiger partial charge in [-0.2, -0.15) is 5.26 Å². The second-order valence-electron chi connectivity index (χ2n) is 7.53. The molecule has 0 bridgehead atoms. The van der Waals surface area contributed by atoms with Gasteiger partial charge in [-0.15, -0.1) is 0 Å². The molecule has 0 aromatic heterocycles. The predicted molar refractivity (Wildman–Crippen MR) is 80.3 cm³/mol. The molecule has 0 aromatic carbocycles. The molecular formula is C18H29NO. The highest BCUT2D eigenvalue weighted by molar-refractivity contribution is 5.03. The summed E-state index contributed by atoms with van der Waals surface area (Å²) in [6.45, 7) is 0. The third kappa shape index (κ3) is 3.03. The molecule has 3 fully saturated rings. The van der Waals surface area contributed by atoms with Crippen LogP contribution in [0.25, 0.3) is 0 Å². The molecule has 2 heteroatoms. The second kappa shape index (κ2) is 6.06. The molecule has 1 atom stereocenters. The number of ether oxygens (including phenoxy) is 1. The van der Waals surface area contributed by atoms with Crippen molar-refractivity contribution in [2.24, 2.45) is 5.41 Å². The Balaban J connectivity index is 1.61. The van der Waals surface area contributed by atoms with Crippen LogP contribution in [-0.2, 0) is 4.74 Å². The Morgan fingerprint density at radius 1 is 0.850 bits per heavy atom. The van der Waals surface area contributed by atoms with Gasteiger partial charge >= 0.3 is 0 Å². The van der Waals surface area contributed by atoms with Crippen LogP contribution in [0.5, 0.6) is 0 Å². The van der Waals surface area contributed by atoms with Crippen molar-refractivity contribution in [3.05, 3.63) is 0 Å². The molecule has 0 amide bonds. The monoisotopic (exact) mass is 275 g/mol. The van der Waals surface area contributed by atoms with Gasteiger partial charge in [0.1, 0.15) is 0 Å². The van der Waals surface area contributed by atoms with Crippen molar-refractivity contribution in [1.29, 1.82) is 5.26 Å². The molecule has 0 aromatic rings. The Morgan fingerprint density at radius 3 is 2.10 bits per heavy atom. The Labute approximate surface area is 123 Å². The van der Waals surface area contributed by atoms with Crippen LogP contribution in [0.2, 0.25) is 0 Å². The van der Waals surface area contributed by atoms with Crippen molar-refractivity contribution in [2.75, 3.05) is 0 Å². The average Bonchev–Trinajstić information content (AvgIpc) is 2.71. The van der Waals surface area contributed by atoms with Crippen molar-refractivity contribution < 1.29 is 4.74 Å². The fourth-order valence-corrected chi connectivity index (χ4v) is 4.81. The molecule has 112 valence electrons. The molecular weight excluding hydrogens is 246 g/mol. The fourth-order valence-electron chi connectivity index (χ4n) is 4.81. The standard InChI is InChI=1S/C18H29NO/c19-15-17(9-4-1-2-5-10-17)14-16-8-13-18(20-16)11-6-3-7-12-18/h16H,1-14H2. The van der Waals surface area contributed by atoms with Crippen molar-refractivity contribution in [1.82, 2.24) is 0 Å². The number of hydrogen-bond donors (Lipinski definition) is 0. The van der Waals surface area contributed by atoms with Gasteiger partial charge in [0.15, 0.2) is 0 Å². The summed E-state index contributed by atoms with van der Waals surface area (Å²) in [5.74, 6) is 0. The molecule has 1 saturated heterocycles. The number of hydrogen-bond acceptors (Lipinski definition) is 2. The van der Waals surface area contributed by atoms with Gasteiger partial charge in [-0.1, -0.05) is 44.9 Å². The van der Waals surface area contributed by atoms with Gasteiger partial charge in [-0.25, -0.2) is 0 Å². The summed E-state index contributed by atoms with van der Waals surface area (Å²) in [5, 5.41) is 9.72. The van der Waals surface area contributed by atoms with Gasteiger partial charge in [0.05, 0.1) is 23.2 Å². The second-order valence-corrected chi connectivity index (χ2v) is 7.53. The quantitative estimate of drug-likeness (QED) is 0.655. The summed E-state index contributed by atoms with van der Waals surface area (Å²) < 4.78 is 6.51. The molecule has 3 aliphatic rings. The van der Waals surface area contributed by atoms with Gasteiger partial charge in [0.2, 0.25) is 0 Å². The van der Waals surface area contributed by atoms with Gasteiger partial charge < -0.3 is 4.74 Å². The Hall–Kier alpha value is -0.550. The molecule has 1 heterocycles. The van der Waals surface area contributed by atoms with E-state index in [0.717, 1.165) is 19.3 Å². The van der Waals surface area contributed by atoms with Gasteiger partial charge in [0, 0.05) is 0 Å². The van der Waals surface area contributed by atoms with E-state index in [1.807, 2.05) is 0 Å². The maximum Gasteiger partial charge on any atom is 0.0690 e. The minimum atomic E-state index is -0.0681. The Bertz CT molecular complexity index is 356. The lowest BCUT2D eigenvalue weighted by Crippen LogP contribution is -2.33. The zero-order chi connectivity index (χ0) is 13.9. The van der Waals surface area contributed by atoms with Crippen LogP contribution in [0.3, 0.4) is 0 Å². The highest BCUT2D eigenvalue weighted by Gasteiger charge is 2.44. The van der Waals surface area contributed by atoms with E-state index < -0.39 is 0 Å². The lowest BCUT2D eigenvalue weighted by atomic mass is 9.76. The topological polar surface area (TPSA) is 33.0 Å². The first-order chi connectivity index (χ1) is 9.76. The van der Waals surface area contributed by atoms with Crippen molar-refractivity contribution >= 4 is 0 Å². The van der Waals surface area contributed by atoms with E-state index in [-0.39, 0.29) is 11.0 Å². The highest BCUT2D eigenvalue weighted by atomic mass is 16.5. The molecule has 0 N–H and O–H groups in total. The molecule has 0 radical (unpaired) electrons. The van der Waals surface area contributed by atoms with Crippen molar-refractivity contribution in [3.8, 4) is 6.07 Å².